The van der Waals surface area contributed by atoms with E-state index >= 15 is 0 Å². The highest BCUT2D eigenvalue weighted by Crippen LogP contribution is 2.45. The van der Waals surface area contributed by atoms with Gasteiger partial charge in [-0.25, -0.2) is 8.42 Å². The minimum absolute atomic E-state index is 0.0229. The Morgan fingerprint density at radius 2 is 1.87 bits per heavy atom. The van der Waals surface area contributed by atoms with Crippen LogP contribution in [0.2, 0.25) is 0 Å². The van der Waals surface area contributed by atoms with Crippen LogP contribution in [-0.2, 0) is 14.6 Å². The Labute approximate surface area is 138 Å². The molecule has 3 atom stereocenters. The van der Waals surface area contributed by atoms with E-state index in [0.29, 0.717) is 17.7 Å². The minimum Gasteiger partial charge on any atom is -0.295 e. The molecular weight excluding hydrogens is 308 g/mol. The van der Waals surface area contributed by atoms with Crippen molar-refractivity contribution in [3.05, 3.63) is 54.6 Å². The highest BCUT2D eigenvalue weighted by molar-refractivity contribution is 7.92. The van der Waals surface area contributed by atoms with Gasteiger partial charge in [-0.2, -0.15) is 0 Å². The molecule has 0 N–H and O–H groups in total. The van der Waals surface area contributed by atoms with Gasteiger partial charge in [0.2, 0.25) is 0 Å². The highest BCUT2D eigenvalue weighted by atomic mass is 32.2. The first-order valence-electron chi connectivity index (χ1n) is 8.12. The number of hydrogen-bond acceptors (Lipinski definition) is 3. The van der Waals surface area contributed by atoms with Gasteiger partial charge in [-0.15, -0.1) is 0 Å². The van der Waals surface area contributed by atoms with E-state index in [1.165, 1.54) is 0 Å². The first-order chi connectivity index (χ1) is 10.9. The summed E-state index contributed by atoms with van der Waals surface area (Å²) in [6, 6.07) is 8.63. The van der Waals surface area contributed by atoms with Gasteiger partial charge in [0.25, 0.3) is 0 Å². The summed E-state index contributed by atoms with van der Waals surface area (Å²) >= 11 is 0. The maximum atomic E-state index is 13.2. The molecule has 2 aliphatic rings. The highest BCUT2D eigenvalue weighted by Gasteiger charge is 2.45. The SMILES string of the molecule is C[C@]12C=CC(=O)C[C@H]1[C@@H](S(=O)(=O)c1ccccc1)CCC/C=C\2. The van der Waals surface area contributed by atoms with E-state index in [1.807, 2.05) is 19.1 Å². The Morgan fingerprint density at radius 1 is 1.13 bits per heavy atom. The minimum atomic E-state index is -3.45. The van der Waals surface area contributed by atoms with Crippen molar-refractivity contribution >= 4 is 15.6 Å². The standard InChI is InChI=1S/C19H22O3S/c1-19-12-7-3-6-10-18(17(19)14-15(20)11-13-19)23(21,22)16-8-4-2-5-9-16/h2,4-5,7-9,11-13,17-18H,3,6,10,14H2,1H3/b12-7-/t17-,18-,19-/m0/s1. The fourth-order valence-corrected chi connectivity index (χ4v) is 5.93. The normalized spacial score (nSPS) is 32.7. The van der Waals surface area contributed by atoms with E-state index in [9.17, 15) is 13.2 Å². The van der Waals surface area contributed by atoms with Gasteiger partial charge in [0, 0.05) is 11.8 Å². The van der Waals surface area contributed by atoms with Crippen LogP contribution in [0.25, 0.3) is 0 Å². The first-order valence-corrected chi connectivity index (χ1v) is 9.67. The van der Waals surface area contributed by atoms with Crippen LogP contribution in [0, 0.1) is 11.3 Å². The number of allylic oxidation sites excluding steroid dienone is 4. The van der Waals surface area contributed by atoms with Crippen LogP contribution in [0.1, 0.15) is 32.6 Å². The van der Waals surface area contributed by atoms with E-state index in [2.05, 4.69) is 12.2 Å². The Hall–Kier alpha value is -1.68. The number of rotatable bonds is 2. The molecule has 0 heterocycles. The molecule has 0 radical (unpaired) electrons. The van der Waals surface area contributed by atoms with Gasteiger partial charge in [-0.1, -0.05) is 43.4 Å². The van der Waals surface area contributed by atoms with E-state index in [0.717, 1.165) is 12.8 Å². The lowest BCUT2D eigenvalue weighted by atomic mass is 9.68. The maximum absolute atomic E-state index is 13.2. The molecule has 122 valence electrons. The molecule has 0 bridgehead atoms. The molecule has 3 rings (SSSR count). The van der Waals surface area contributed by atoms with Crippen LogP contribution >= 0.6 is 0 Å². The van der Waals surface area contributed by atoms with E-state index < -0.39 is 15.1 Å². The summed E-state index contributed by atoms with van der Waals surface area (Å²) in [6.07, 6.45) is 10.3. The molecule has 0 fully saturated rings. The van der Waals surface area contributed by atoms with Crippen molar-refractivity contribution in [3.63, 3.8) is 0 Å². The van der Waals surface area contributed by atoms with Crippen LogP contribution in [0.3, 0.4) is 0 Å². The largest absolute Gasteiger partial charge is 0.295 e. The van der Waals surface area contributed by atoms with Crippen LogP contribution in [-0.4, -0.2) is 19.5 Å². The lowest BCUT2D eigenvalue weighted by molar-refractivity contribution is -0.116. The molecule has 0 aromatic heterocycles. The summed E-state index contributed by atoms with van der Waals surface area (Å²) in [7, 11) is -3.45. The summed E-state index contributed by atoms with van der Waals surface area (Å²) in [4.78, 5) is 12.3. The van der Waals surface area contributed by atoms with Crippen LogP contribution in [0.4, 0.5) is 0 Å². The van der Waals surface area contributed by atoms with Crippen LogP contribution in [0.5, 0.6) is 0 Å². The number of ketones is 1. The van der Waals surface area contributed by atoms with Crippen molar-refractivity contribution in [1.29, 1.82) is 0 Å². The monoisotopic (exact) mass is 330 g/mol. The number of benzene rings is 1. The molecule has 23 heavy (non-hydrogen) atoms. The Kier molecular flexibility index (Phi) is 4.28. The zero-order chi connectivity index (χ0) is 16.5. The zero-order valence-corrected chi connectivity index (χ0v) is 14.1. The summed E-state index contributed by atoms with van der Waals surface area (Å²) in [5.74, 6) is -0.184. The van der Waals surface area contributed by atoms with Gasteiger partial charge in [0.05, 0.1) is 10.1 Å². The van der Waals surface area contributed by atoms with Gasteiger partial charge in [-0.05, 0) is 43.4 Å². The lowest BCUT2D eigenvalue weighted by Gasteiger charge is -2.41. The second kappa shape index (κ2) is 6.08. The third-order valence-corrected chi connectivity index (χ3v) is 7.39. The van der Waals surface area contributed by atoms with Gasteiger partial charge in [0.15, 0.2) is 15.6 Å². The molecule has 1 aromatic rings. The number of hydrogen-bond donors (Lipinski definition) is 0. The molecule has 3 nitrogen and oxygen atoms in total. The summed E-state index contributed by atoms with van der Waals surface area (Å²) in [5.41, 5.74) is -0.374. The smallest absolute Gasteiger partial charge is 0.181 e. The van der Waals surface area contributed by atoms with Crippen molar-refractivity contribution in [2.24, 2.45) is 11.3 Å². The molecular formula is C19H22O3S. The molecule has 0 unspecified atom stereocenters. The summed E-state index contributed by atoms with van der Waals surface area (Å²) in [6.45, 7) is 2.04. The summed E-state index contributed by atoms with van der Waals surface area (Å²) in [5, 5.41) is -0.520. The van der Waals surface area contributed by atoms with E-state index in [1.54, 1.807) is 30.3 Å². The molecule has 0 saturated heterocycles. The molecule has 2 aliphatic carbocycles. The van der Waals surface area contributed by atoms with Crippen LogP contribution < -0.4 is 0 Å². The predicted molar refractivity (Wildman–Crippen MR) is 90.8 cm³/mol. The third-order valence-electron chi connectivity index (χ3n) is 5.10. The summed E-state index contributed by atoms with van der Waals surface area (Å²) < 4.78 is 26.4. The van der Waals surface area contributed by atoms with Crippen molar-refractivity contribution in [2.75, 3.05) is 0 Å². The quantitative estimate of drug-likeness (QED) is 0.777. The number of carbonyl (C=O) groups excluding carboxylic acids is 1. The Balaban J connectivity index is 2.08. The van der Waals surface area contributed by atoms with Gasteiger partial charge < -0.3 is 0 Å². The van der Waals surface area contributed by atoms with Crippen LogP contribution in [0.15, 0.2) is 59.5 Å². The predicted octanol–water partition coefficient (Wildman–Crippen LogP) is 3.72. The Morgan fingerprint density at radius 3 is 2.61 bits per heavy atom. The fraction of sp³-hybridized carbons (Fsp3) is 0.421. The van der Waals surface area contributed by atoms with Crippen molar-refractivity contribution in [1.82, 2.24) is 0 Å². The van der Waals surface area contributed by atoms with E-state index in [-0.39, 0.29) is 17.1 Å². The zero-order valence-electron chi connectivity index (χ0n) is 13.3. The van der Waals surface area contributed by atoms with Crippen molar-refractivity contribution in [3.8, 4) is 0 Å². The third kappa shape index (κ3) is 3.05. The number of carbonyl (C=O) groups is 1. The second-order valence-corrected chi connectivity index (χ2v) is 8.87. The molecule has 0 aliphatic heterocycles. The number of fused-ring (bicyclic) bond motifs is 1. The van der Waals surface area contributed by atoms with Crippen molar-refractivity contribution < 1.29 is 13.2 Å². The molecule has 0 saturated carbocycles. The Bertz CT molecular complexity index is 746. The topological polar surface area (TPSA) is 51.2 Å². The van der Waals surface area contributed by atoms with Crippen molar-refractivity contribution in [2.45, 2.75) is 42.8 Å². The van der Waals surface area contributed by atoms with E-state index in [4.69, 9.17) is 0 Å². The first kappa shape index (κ1) is 16.2. The maximum Gasteiger partial charge on any atom is 0.181 e. The second-order valence-electron chi connectivity index (χ2n) is 6.71. The molecule has 4 heteroatoms. The average molecular weight is 330 g/mol. The molecule has 0 spiro atoms. The lowest BCUT2D eigenvalue weighted by Crippen LogP contribution is -2.42. The van der Waals surface area contributed by atoms with Gasteiger partial charge in [0.1, 0.15) is 0 Å². The number of sulfone groups is 1. The molecule has 1 aromatic carbocycles. The fourth-order valence-electron chi connectivity index (χ4n) is 3.74. The van der Waals surface area contributed by atoms with Gasteiger partial charge in [-0.3, -0.25) is 4.79 Å². The average Bonchev–Trinajstić information content (AvgIpc) is 2.53. The van der Waals surface area contributed by atoms with Gasteiger partial charge >= 0.3 is 0 Å². The molecule has 0 amide bonds.